The van der Waals surface area contributed by atoms with Crippen molar-refractivity contribution in [3.8, 4) is 17.2 Å². The van der Waals surface area contributed by atoms with Crippen molar-refractivity contribution < 1.29 is 31.8 Å². The molecule has 1 amide bonds. The second-order valence-corrected chi connectivity index (χ2v) is 9.70. The van der Waals surface area contributed by atoms with Gasteiger partial charge in [0.1, 0.15) is 23.1 Å². The molecule has 1 atom stereocenters. The largest absolute Gasteiger partial charge is 0.497 e. The molecule has 0 saturated carbocycles. The van der Waals surface area contributed by atoms with Crippen LogP contribution in [0.3, 0.4) is 0 Å². The van der Waals surface area contributed by atoms with E-state index in [2.05, 4.69) is 4.72 Å². The topological polar surface area (TPSA) is 94.2 Å². The lowest BCUT2D eigenvalue weighted by molar-refractivity contribution is -0.138. The Morgan fingerprint density at radius 1 is 1.06 bits per heavy atom. The Kier molecular flexibility index (Phi) is 6.83. The number of methoxy groups -OCH3 is 2. The van der Waals surface area contributed by atoms with Gasteiger partial charge in [0.05, 0.1) is 19.1 Å². The van der Waals surface area contributed by atoms with Gasteiger partial charge in [-0.1, -0.05) is 0 Å². The number of hydrogen-bond donors (Lipinski definition) is 1. The van der Waals surface area contributed by atoms with Crippen molar-refractivity contribution >= 4 is 21.6 Å². The molecule has 3 aromatic rings. The molecule has 0 fully saturated rings. The number of nitrogens with one attached hydrogen (secondary N) is 1. The highest BCUT2D eigenvalue weighted by molar-refractivity contribution is 7.92. The average Bonchev–Trinajstić information content (AvgIpc) is 2.95. The molecular formula is C25H25FN2O6S. The zero-order chi connectivity index (χ0) is 25.2. The average molecular weight is 501 g/mol. The van der Waals surface area contributed by atoms with E-state index in [1.807, 2.05) is 6.07 Å². The Bertz CT molecular complexity index is 1340. The number of sulfonamides is 1. The van der Waals surface area contributed by atoms with Gasteiger partial charge < -0.3 is 19.1 Å². The van der Waals surface area contributed by atoms with Crippen LogP contribution in [0.2, 0.25) is 0 Å². The van der Waals surface area contributed by atoms with Gasteiger partial charge in [-0.25, -0.2) is 12.8 Å². The Morgan fingerprint density at radius 2 is 1.80 bits per heavy atom. The van der Waals surface area contributed by atoms with E-state index < -0.39 is 21.9 Å². The summed E-state index contributed by atoms with van der Waals surface area (Å²) in [6.07, 6.45) is -0.734. The number of carbonyl (C=O) groups is 1. The van der Waals surface area contributed by atoms with E-state index in [1.54, 1.807) is 56.4 Å². The quantitative estimate of drug-likeness (QED) is 0.528. The van der Waals surface area contributed by atoms with Crippen molar-refractivity contribution in [2.45, 2.75) is 31.0 Å². The first kappa shape index (κ1) is 24.3. The van der Waals surface area contributed by atoms with Crippen LogP contribution in [0.15, 0.2) is 65.6 Å². The SMILES string of the molecule is COc1ccc(CN2Cc3cc(NS(=O)(=O)c4ccc(F)cc4)ccc3OC(C)C2=O)c(OC)c1. The minimum atomic E-state index is -3.93. The Balaban J connectivity index is 1.61. The molecule has 1 aliphatic rings. The monoisotopic (exact) mass is 500 g/mol. The fourth-order valence-electron chi connectivity index (χ4n) is 3.81. The van der Waals surface area contributed by atoms with Crippen molar-refractivity contribution in [2.75, 3.05) is 18.9 Å². The van der Waals surface area contributed by atoms with Crippen LogP contribution in [0.1, 0.15) is 18.1 Å². The van der Waals surface area contributed by atoms with Crippen molar-refractivity contribution in [3.05, 3.63) is 77.6 Å². The van der Waals surface area contributed by atoms with E-state index in [0.717, 1.165) is 17.7 Å². The maximum atomic E-state index is 13.2. The lowest BCUT2D eigenvalue weighted by atomic mass is 10.1. The molecule has 184 valence electrons. The highest BCUT2D eigenvalue weighted by atomic mass is 32.2. The molecule has 0 saturated heterocycles. The van der Waals surface area contributed by atoms with Gasteiger partial charge in [0, 0.05) is 36.0 Å². The van der Waals surface area contributed by atoms with Gasteiger partial charge in [-0.15, -0.1) is 0 Å². The van der Waals surface area contributed by atoms with Crippen LogP contribution >= 0.6 is 0 Å². The predicted octanol–water partition coefficient (Wildman–Crippen LogP) is 3.95. The number of hydrogen-bond acceptors (Lipinski definition) is 6. The molecule has 1 unspecified atom stereocenters. The van der Waals surface area contributed by atoms with Crippen molar-refractivity contribution in [3.63, 3.8) is 0 Å². The number of halogens is 1. The van der Waals surface area contributed by atoms with E-state index in [0.29, 0.717) is 28.5 Å². The smallest absolute Gasteiger partial charge is 0.263 e. The Morgan fingerprint density at radius 3 is 2.49 bits per heavy atom. The summed E-state index contributed by atoms with van der Waals surface area (Å²) >= 11 is 0. The molecule has 0 aromatic heterocycles. The summed E-state index contributed by atoms with van der Waals surface area (Å²) < 4.78 is 57.7. The predicted molar refractivity (Wildman–Crippen MR) is 128 cm³/mol. The molecule has 0 spiro atoms. The minimum Gasteiger partial charge on any atom is -0.497 e. The maximum absolute atomic E-state index is 13.2. The molecule has 1 aliphatic heterocycles. The van der Waals surface area contributed by atoms with Gasteiger partial charge in [0.15, 0.2) is 6.10 Å². The highest BCUT2D eigenvalue weighted by Crippen LogP contribution is 2.32. The lowest BCUT2D eigenvalue weighted by Gasteiger charge is -2.23. The van der Waals surface area contributed by atoms with Gasteiger partial charge in [0.2, 0.25) is 0 Å². The van der Waals surface area contributed by atoms with Crippen molar-refractivity contribution in [1.29, 1.82) is 0 Å². The van der Waals surface area contributed by atoms with E-state index in [-0.39, 0.29) is 23.9 Å². The zero-order valence-electron chi connectivity index (χ0n) is 19.4. The van der Waals surface area contributed by atoms with Gasteiger partial charge in [0.25, 0.3) is 15.9 Å². The second-order valence-electron chi connectivity index (χ2n) is 8.01. The molecule has 4 rings (SSSR count). The number of anilines is 1. The van der Waals surface area contributed by atoms with Gasteiger partial charge in [-0.3, -0.25) is 9.52 Å². The fourth-order valence-corrected chi connectivity index (χ4v) is 4.86. The number of benzene rings is 3. The van der Waals surface area contributed by atoms with Crippen LogP contribution in [0.4, 0.5) is 10.1 Å². The van der Waals surface area contributed by atoms with Crippen LogP contribution in [-0.2, 0) is 27.9 Å². The number of carbonyl (C=O) groups excluding carboxylic acids is 1. The number of rotatable bonds is 7. The molecule has 1 N–H and O–H groups in total. The molecule has 35 heavy (non-hydrogen) atoms. The first-order chi connectivity index (χ1) is 16.7. The maximum Gasteiger partial charge on any atom is 0.263 e. The number of amides is 1. The third-order valence-corrected chi connectivity index (χ3v) is 7.01. The van der Waals surface area contributed by atoms with Gasteiger partial charge in [-0.05, 0) is 61.5 Å². The summed E-state index contributed by atoms with van der Waals surface area (Å²) in [6.45, 7) is 2.12. The molecular weight excluding hydrogens is 475 g/mol. The molecule has 1 heterocycles. The van der Waals surface area contributed by atoms with Crippen LogP contribution in [0, 0.1) is 5.82 Å². The molecule has 0 aliphatic carbocycles. The summed E-state index contributed by atoms with van der Waals surface area (Å²) in [4.78, 5) is 14.6. The minimum absolute atomic E-state index is 0.0675. The summed E-state index contributed by atoms with van der Waals surface area (Å²) in [5, 5.41) is 0. The number of ether oxygens (including phenoxy) is 3. The first-order valence-electron chi connectivity index (χ1n) is 10.8. The fraction of sp³-hybridized carbons (Fsp3) is 0.240. The normalized spacial score (nSPS) is 15.6. The third kappa shape index (κ3) is 5.32. The van der Waals surface area contributed by atoms with E-state index in [4.69, 9.17) is 14.2 Å². The van der Waals surface area contributed by atoms with E-state index >= 15 is 0 Å². The zero-order valence-corrected chi connectivity index (χ0v) is 20.3. The molecule has 0 bridgehead atoms. The molecule has 0 radical (unpaired) electrons. The lowest BCUT2D eigenvalue weighted by Crippen LogP contribution is -2.37. The van der Waals surface area contributed by atoms with E-state index in [9.17, 15) is 17.6 Å². The number of nitrogens with zero attached hydrogens (tertiary/aromatic N) is 1. The molecule has 10 heteroatoms. The van der Waals surface area contributed by atoms with Gasteiger partial charge >= 0.3 is 0 Å². The highest BCUT2D eigenvalue weighted by Gasteiger charge is 2.29. The molecule has 8 nitrogen and oxygen atoms in total. The summed E-state index contributed by atoms with van der Waals surface area (Å²) in [6, 6.07) is 14.7. The first-order valence-corrected chi connectivity index (χ1v) is 12.3. The standard InChI is InChI=1S/C25H25FN2O6S/c1-16-25(29)28(14-17-4-8-21(32-2)13-24(17)33-3)15-18-12-20(7-11-23(18)34-16)27-35(30,31)22-9-5-19(26)6-10-22/h4-13,16,27H,14-15H2,1-3H3. The van der Waals surface area contributed by atoms with Crippen LogP contribution in [0.25, 0.3) is 0 Å². The van der Waals surface area contributed by atoms with Crippen LogP contribution in [0.5, 0.6) is 17.2 Å². The second kappa shape index (κ2) is 9.83. The number of fused-ring (bicyclic) bond motifs is 1. The van der Waals surface area contributed by atoms with Crippen LogP contribution in [-0.4, -0.2) is 39.5 Å². The molecule has 3 aromatic carbocycles. The Labute approximate surface area is 203 Å². The van der Waals surface area contributed by atoms with Crippen molar-refractivity contribution in [2.24, 2.45) is 0 Å². The van der Waals surface area contributed by atoms with Crippen molar-refractivity contribution in [1.82, 2.24) is 4.90 Å². The van der Waals surface area contributed by atoms with Crippen LogP contribution < -0.4 is 18.9 Å². The van der Waals surface area contributed by atoms with Gasteiger partial charge in [-0.2, -0.15) is 0 Å². The summed E-state index contributed by atoms with van der Waals surface area (Å²) in [5.41, 5.74) is 1.71. The third-order valence-electron chi connectivity index (χ3n) is 5.62. The summed E-state index contributed by atoms with van der Waals surface area (Å²) in [5.74, 6) is 0.953. The summed E-state index contributed by atoms with van der Waals surface area (Å²) in [7, 11) is -0.827. The van der Waals surface area contributed by atoms with E-state index in [1.165, 1.54) is 12.1 Å². The Hall–Kier alpha value is -3.79.